The number of sulfonamides is 1. The van der Waals surface area contributed by atoms with E-state index in [4.69, 9.17) is 0 Å². The monoisotopic (exact) mass is 269 g/mol. The third kappa shape index (κ3) is 2.54. The fourth-order valence-electron chi connectivity index (χ4n) is 2.13. The maximum Gasteiger partial charge on any atom is 0.216 e. The Labute approximate surface area is 108 Å². The van der Waals surface area contributed by atoms with Crippen LogP contribution in [0.15, 0.2) is 12.3 Å². The molecule has 0 N–H and O–H groups in total. The summed E-state index contributed by atoms with van der Waals surface area (Å²) in [7, 11) is -3.15. The Kier molecular flexibility index (Phi) is 3.68. The topological polar surface area (TPSA) is 63.2 Å². The van der Waals surface area contributed by atoms with Crippen LogP contribution in [-0.2, 0) is 10.0 Å². The smallest absolute Gasteiger partial charge is 0.216 e. The van der Waals surface area contributed by atoms with E-state index in [1.807, 2.05) is 13.0 Å². The molecule has 0 bridgehead atoms. The normalized spacial score (nSPS) is 21.7. The second kappa shape index (κ2) is 4.93. The molecule has 1 aliphatic heterocycles. The van der Waals surface area contributed by atoms with Crippen molar-refractivity contribution in [3.8, 4) is 0 Å². The van der Waals surface area contributed by atoms with Crippen LogP contribution >= 0.6 is 0 Å². The average Bonchev–Trinajstić information content (AvgIpc) is 2.78. The predicted octanol–water partition coefficient (Wildman–Crippen LogP) is 1.31. The molecule has 0 saturated carbocycles. The fraction of sp³-hybridized carbons (Fsp3) is 0.667. The first-order valence-electron chi connectivity index (χ1n) is 6.19. The van der Waals surface area contributed by atoms with Crippen LogP contribution in [0.2, 0.25) is 0 Å². The van der Waals surface area contributed by atoms with Gasteiger partial charge in [0.1, 0.15) is 5.82 Å². The molecule has 0 aromatic carbocycles. The molecular formula is C12H19N3O2S. The van der Waals surface area contributed by atoms with E-state index < -0.39 is 10.0 Å². The quantitative estimate of drug-likeness (QED) is 0.830. The van der Waals surface area contributed by atoms with Crippen LogP contribution in [0.5, 0.6) is 0 Å². The van der Waals surface area contributed by atoms with Crippen molar-refractivity contribution in [1.82, 2.24) is 14.3 Å². The summed E-state index contributed by atoms with van der Waals surface area (Å²) >= 11 is 0. The zero-order chi connectivity index (χ0) is 13.3. The molecule has 1 atom stereocenters. The summed E-state index contributed by atoms with van der Waals surface area (Å²) in [6, 6.07) is 1.85. The van der Waals surface area contributed by atoms with E-state index in [1.54, 1.807) is 24.3 Å². The van der Waals surface area contributed by atoms with Crippen molar-refractivity contribution in [3.63, 3.8) is 0 Å². The minimum Gasteiger partial charge on any atom is -0.241 e. The Morgan fingerprint density at radius 2 is 2.17 bits per heavy atom. The van der Waals surface area contributed by atoms with Crippen molar-refractivity contribution in [2.75, 3.05) is 13.1 Å². The van der Waals surface area contributed by atoms with Gasteiger partial charge in [-0.05, 0) is 33.3 Å². The molecule has 0 spiro atoms. The molecule has 0 radical (unpaired) electrons. The summed E-state index contributed by atoms with van der Waals surface area (Å²) in [4.78, 5) is 8.63. The van der Waals surface area contributed by atoms with Crippen LogP contribution in [0.4, 0.5) is 0 Å². The fourth-order valence-corrected chi connectivity index (χ4v) is 3.48. The van der Waals surface area contributed by atoms with Gasteiger partial charge in [-0.3, -0.25) is 0 Å². The number of rotatable bonds is 3. The molecular weight excluding hydrogens is 250 g/mol. The van der Waals surface area contributed by atoms with E-state index in [1.165, 1.54) is 0 Å². The van der Waals surface area contributed by atoms with Crippen molar-refractivity contribution in [1.29, 1.82) is 0 Å². The lowest BCUT2D eigenvalue weighted by molar-refractivity contribution is 0.464. The summed E-state index contributed by atoms with van der Waals surface area (Å²) < 4.78 is 25.7. The summed E-state index contributed by atoms with van der Waals surface area (Å²) in [6.07, 6.45) is 2.53. The molecule has 2 rings (SSSR count). The number of aromatic nitrogens is 2. The number of hydrogen-bond donors (Lipinski definition) is 0. The molecule has 1 fully saturated rings. The third-order valence-electron chi connectivity index (χ3n) is 3.29. The highest BCUT2D eigenvalue weighted by molar-refractivity contribution is 7.89. The minimum atomic E-state index is -3.15. The van der Waals surface area contributed by atoms with Crippen LogP contribution in [0.3, 0.4) is 0 Å². The maximum atomic E-state index is 12.1. The Balaban J connectivity index is 2.14. The van der Waals surface area contributed by atoms with E-state index in [0.717, 1.165) is 17.9 Å². The van der Waals surface area contributed by atoms with Gasteiger partial charge in [-0.2, -0.15) is 0 Å². The van der Waals surface area contributed by atoms with Crippen molar-refractivity contribution < 1.29 is 8.42 Å². The molecule has 100 valence electrons. The van der Waals surface area contributed by atoms with Gasteiger partial charge in [0.05, 0.1) is 5.25 Å². The van der Waals surface area contributed by atoms with E-state index >= 15 is 0 Å². The van der Waals surface area contributed by atoms with Gasteiger partial charge in [0.25, 0.3) is 0 Å². The Morgan fingerprint density at radius 1 is 1.44 bits per heavy atom. The second-order valence-corrected chi connectivity index (χ2v) is 7.48. The summed E-state index contributed by atoms with van der Waals surface area (Å²) in [5.74, 6) is 0.884. The average molecular weight is 269 g/mol. The van der Waals surface area contributed by atoms with Gasteiger partial charge in [0.15, 0.2) is 0 Å². The van der Waals surface area contributed by atoms with Gasteiger partial charge in [0, 0.05) is 30.9 Å². The van der Waals surface area contributed by atoms with Crippen molar-refractivity contribution in [2.45, 2.75) is 38.4 Å². The largest absolute Gasteiger partial charge is 0.241 e. The van der Waals surface area contributed by atoms with E-state index in [9.17, 15) is 8.42 Å². The van der Waals surface area contributed by atoms with Gasteiger partial charge in [-0.25, -0.2) is 22.7 Å². The van der Waals surface area contributed by atoms with Crippen molar-refractivity contribution in [2.24, 2.45) is 0 Å². The van der Waals surface area contributed by atoms with Crippen LogP contribution in [0, 0.1) is 6.92 Å². The summed E-state index contributed by atoms with van der Waals surface area (Å²) in [5.41, 5.74) is 0.921. The maximum absolute atomic E-state index is 12.1. The number of aryl methyl sites for hydroxylation is 1. The Bertz CT molecular complexity index is 528. The second-order valence-electron chi connectivity index (χ2n) is 4.99. The highest BCUT2D eigenvalue weighted by Gasteiger charge is 2.34. The highest BCUT2D eigenvalue weighted by Crippen LogP contribution is 2.27. The molecule has 18 heavy (non-hydrogen) atoms. The van der Waals surface area contributed by atoms with Crippen LogP contribution in [0.1, 0.15) is 37.7 Å². The molecule has 1 unspecified atom stereocenters. The van der Waals surface area contributed by atoms with Crippen molar-refractivity contribution in [3.05, 3.63) is 23.8 Å². The molecule has 6 heteroatoms. The molecule has 1 aromatic rings. The van der Waals surface area contributed by atoms with Gasteiger partial charge in [0.2, 0.25) is 10.0 Å². The first kappa shape index (κ1) is 13.4. The van der Waals surface area contributed by atoms with Crippen LogP contribution in [0.25, 0.3) is 0 Å². The SMILES string of the molecule is Cc1ccnc(C2CCN(S(=O)(=O)C(C)C)C2)n1. The lowest BCUT2D eigenvalue weighted by Crippen LogP contribution is -2.34. The standard InChI is InChI=1S/C12H19N3O2S/c1-9(2)18(16,17)15-7-5-11(8-15)12-13-6-4-10(3)14-12/h4,6,9,11H,5,7-8H2,1-3H3. The molecule has 1 aliphatic rings. The van der Waals surface area contributed by atoms with E-state index in [0.29, 0.717) is 13.1 Å². The van der Waals surface area contributed by atoms with Gasteiger partial charge >= 0.3 is 0 Å². The van der Waals surface area contributed by atoms with Gasteiger partial charge in [-0.1, -0.05) is 0 Å². The van der Waals surface area contributed by atoms with Crippen molar-refractivity contribution >= 4 is 10.0 Å². The number of hydrogen-bond acceptors (Lipinski definition) is 4. The zero-order valence-electron chi connectivity index (χ0n) is 11.0. The third-order valence-corrected chi connectivity index (χ3v) is 5.53. The predicted molar refractivity (Wildman–Crippen MR) is 69.8 cm³/mol. The molecule has 2 heterocycles. The van der Waals surface area contributed by atoms with Gasteiger partial charge < -0.3 is 0 Å². The molecule has 1 saturated heterocycles. The minimum absolute atomic E-state index is 0.124. The van der Waals surface area contributed by atoms with Gasteiger partial charge in [-0.15, -0.1) is 0 Å². The lowest BCUT2D eigenvalue weighted by Gasteiger charge is -2.18. The van der Waals surface area contributed by atoms with E-state index in [-0.39, 0.29) is 11.2 Å². The first-order valence-corrected chi connectivity index (χ1v) is 7.70. The summed E-state index contributed by atoms with van der Waals surface area (Å²) in [5, 5.41) is -0.366. The van der Waals surface area contributed by atoms with Crippen LogP contribution in [-0.4, -0.2) is 41.0 Å². The lowest BCUT2D eigenvalue weighted by atomic mass is 10.1. The Morgan fingerprint density at radius 3 is 2.78 bits per heavy atom. The molecule has 1 aromatic heterocycles. The first-order chi connectivity index (χ1) is 8.41. The summed E-state index contributed by atoms with van der Waals surface area (Å²) in [6.45, 7) is 6.42. The Hall–Kier alpha value is -1.01. The van der Waals surface area contributed by atoms with E-state index in [2.05, 4.69) is 9.97 Å². The molecule has 5 nitrogen and oxygen atoms in total. The number of nitrogens with zero attached hydrogens (tertiary/aromatic N) is 3. The van der Waals surface area contributed by atoms with Crippen LogP contribution < -0.4 is 0 Å². The zero-order valence-corrected chi connectivity index (χ0v) is 11.8. The molecule has 0 amide bonds. The highest BCUT2D eigenvalue weighted by atomic mass is 32.2. The molecule has 0 aliphatic carbocycles.